The van der Waals surface area contributed by atoms with Gasteiger partial charge in [-0.25, -0.2) is 9.97 Å². The molecule has 1 aromatic heterocycles. The minimum atomic E-state index is -0.0155. The van der Waals surface area contributed by atoms with Crippen molar-refractivity contribution in [2.24, 2.45) is 5.92 Å². The van der Waals surface area contributed by atoms with Gasteiger partial charge in [-0.15, -0.1) is 0 Å². The monoisotopic (exact) mass is 441 g/mol. The number of aryl methyl sites for hydroxylation is 1. The minimum absolute atomic E-state index is 0.0155. The van der Waals surface area contributed by atoms with Crippen LogP contribution >= 0.6 is 11.8 Å². The van der Waals surface area contributed by atoms with Crippen molar-refractivity contribution in [2.45, 2.75) is 45.5 Å². The predicted molar refractivity (Wildman–Crippen MR) is 129 cm³/mol. The van der Waals surface area contributed by atoms with E-state index in [0.717, 1.165) is 60.7 Å². The molecule has 3 rings (SSSR count). The molecule has 6 nitrogen and oxygen atoms in total. The van der Waals surface area contributed by atoms with Gasteiger partial charge in [-0.2, -0.15) is 0 Å². The maximum atomic E-state index is 12.2. The van der Waals surface area contributed by atoms with Gasteiger partial charge in [0.05, 0.1) is 0 Å². The van der Waals surface area contributed by atoms with Gasteiger partial charge in [0.25, 0.3) is 5.91 Å². The van der Waals surface area contributed by atoms with Crippen molar-refractivity contribution in [3.05, 3.63) is 46.6 Å². The topological polar surface area (TPSA) is 61.4 Å². The summed E-state index contributed by atoms with van der Waals surface area (Å²) in [5.74, 6) is 2.28. The summed E-state index contributed by atoms with van der Waals surface area (Å²) in [7, 11) is 0. The molecule has 0 aliphatic carbocycles. The van der Waals surface area contributed by atoms with E-state index in [1.807, 2.05) is 24.3 Å². The van der Waals surface area contributed by atoms with Crippen molar-refractivity contribution < 1.29 is 4.79 Å². The lowest BCUT2D eigenvalue weighted by atomic mass is 10.1. The number of nitrogens with one attached hydrogen (secondary N) is 1. The summed E-state index contributed by atoms with van der Waals surface area (Å²) in [5, 5.41) is 3.77. The molecule has 1 N–H and O–H groups in total. The molecule has 168 valence electrons. The Kier molecular flexibility index (Phi) is 8.32. The molecule has 0 radical (unpaired) electrons. The number of aromatic nitrogens is 2. The highest BCUT2D eigenvalue weighted by molar-refractivity contribution is 7.98. The molecule has 1 aromatic carbocycles. The lowest BCUT2D eigenvalue weighted by Crippen LogP contribution is -2.46. The third kappa shape index (κ3) is 6.43. The maximum Gasteiger partial charge on any atom is 0.251 e. The normalized spacial score (nSPS) is 14.8. The number of hydrogen-bond acceptors (Lipinski definition) is 6. The predicted octanol–water partition coefficient (Wildman–Crippen LogP) is 3.91. The minimum Gasteiger partial charge on any atom is -0.354 e. The Labute approximate surface area is 190 Å². The Balaban J connectivity index is 1.62. The van der Waals surface area contributed by atoms with E-state index in [9.17, 15) is 4.79 Å². The maximum absolute atomic E-state index is 12.2. The fraction of sp³-hybridized carbons (Fsp3) is 0.542. The summed E-state index contributed by atoms with van der Waals surface area (Å²) in [6.45, 7) is 16.6. The van der Waals surface area contributed by atoms with Gasteiger partial charge in [0.2, 0.25) is 0 Å². The van der Waals surface area contributed by atoms with Crippen LogP contribution in [0.3, 0.4) is 0 Å². The fourth-order valence-electron chi connectivity index (χ4n) is 3.54. The van der Waals surface area contributed by atoms with Crippen LogP contribution in [-0.4, -0.2) is 60.0 Å². The van der Waals surface area contributed by atoms with Crippen molar-refractivity contribution in [1.82, 2.24) is 20.2 Å². The molecular formula is C24H35N5OS. The summed E-state index contributed by atoms with van der Waals surface area (Å²) in [6.07, 6.45) is 0. The third-order valence-corrected chi connectivity index (χ3v) is 6.64. The van der Waals surface area contributed by atoms with Crippen molar-refractivity contribution in [1.29, 1.82) is 0 Å². The molecule has 0 saturated carbocycles. The summed E-state index contributed by atoms with van der Waals surface area (Å²) in [5.41, 5.74) is 4.07. The van der Waals surface area contributed by atoms with E-state index in [2.05, 4.69) is 49.7 Å². The first-order valence-corrected chi connectivity index (χ1v) is 12.2. The van der Waals surface area contributed by atoms with Crippen molar-refractivity contribution in [2.75, 3.05) is 44.2 Å². The van der Waals surface area contributed by atoms with Crippen LogP contribution in [0.1, 0.15) is 48.0 Å². The highest BCUT2D eigenvalue weighted by Gasteiger charge is 2.20. The molecule has 0 atom stereocenters. The third-order valence-electron chi connectivity index (χ3n) is 5.72. The molecule has 7 heteroatoms. The molecule has 1 aliphatic rings. The second-order valence-electron chi connectivity index (χ2n) is 8.55. The molecule has 2 aromatic rings. The van der Waals surface area contributed by atoms with E-state index >= 15 is 0 Å². The number of carbonyl (C=O) groups excluding carboxylic acids is 1. The van der Waals surface area contributed by atoms with E-state index in [1.165, 1.54) is 5.56 Å². The molecule has 31 heavy (non-hydrogen) atoms. The molecule has 1 fully saturated rings. The van der Waals surface area contributed by atoms with Gasteiger partial charge in [-0.3, -0.25) is 4.79 Å². The SMILES string of the molecule is CCN1CCN(c2nc(SCc3ccc(C(=O)NCC(C)C)cc3)nc(C)c2C)CC1. The quantitative estimate of drug-likeness (QED) is 0.495. The van der Waals surface area contributed by atoms with Crippen molar-refractivity contribution in [3.8, 4) is 0 Å². The summed E-state index contributed by atoms with van der Waals surface area (Å²) in [4.78, 5) is 26.7. The molecule has 0 spiro atoms. The molecule has 1 amide bonds. The van der Waals surface area contributed by atoms with Gasteiger partial charge < -0.3 is 15.1 Å². The number of anilines is 1. The van der Waals surface area contributed by atoms with Gasteiger partial charge in [0.15, 0.2) is 5.16 Å². The molecule has 2 heterocycles. The zero-order chi connectivity index (χ0) is 22.4. The zero-order valence-corrected chi connectivity index (χ0v) is 20.3. The van der Waals surface area contributed by atoms with Crippen LogP contribution in [0, 0.1) is 19.8 Å². The molecule has 0 bridgehead atoms. The molecule has 1 aliphatic heterocycles. The van der Waals surface area contributed by atoms with Crippen LogP contribution in [0.15, 0.2) is 29.4 Å². The average molecular weight is 442 g/mol. The largest absolute Gasteiger partial charge is 0.354 e. The second-order valence-corrected chi connectivity index (χ2v) is 9.49. The lowest BCUT2D eigenvalue weighted by molar-refractivity contribution is 0.0949. The first-order chi connectivity index (χ1) is 14.9. The number of hydrogen-bond donors (Lipinski definition) is 1. The molecular weight excluding hydrogens is 406 g/mol. The van der Waals surface area contributed by atoms with Crippen LogP contribution in [0.2, 0.25) is 0 Å². The fourth-order valence-corrected chi connectivity index (χ4v) is 4.38. The number of rotatable bonds is 8. The number of carbonyl (C=O) groups is 1. The Morgan fingerprint density at radius 1 is 1.10 bits per heavy atom. The summed E-state index contributed by atoms with van der Waals surface area (Å²) >= 11 is 1.65. The van der Waals surface area contributed by atoms with Crippen LogP contribution in [0.25, 0.3) is 0 Å². The lowest BCUT2D eigenvalue weighted by Gasteiger charge is -2.35. The van der Waals surface area contributed by atoms with Crippen molar-refractivity contribution >= 4 is 23.5 Å². The summed E-state index contributed by atoms with van der Waals surface area (Å²) < 4.78 is 0. The first-order valence-electron chi connectivity index (χ1n) is 11.2. The number of thioether (sulfide) groups is 1. The van der Waals surface area contributed by atoms with E-state index < -0.39 is 0 Å². The molecule has 1 saturated heterocycles. The van der Waals surface area contributed by atoms with Gasteiger partial charge in [0.1, 0.15) is 5.82 Å². The average Bonchev–Trinajstić information content (AvgIpc) is 2.78. The Morgan fingerprint density at radius 2 is 1.77 bits per heavy atom. The van der Waals surface area contributed by atoms with E-state index in [1.54, 1.807) is 11.8 Å². The second kappa shape index (κ2) is 11.0. The number of likely N-dealkylation sites (N-methyl/N-ethyl adjacent to an activating group) is 1. The Bertz CT molecular complexity index is 876. The first kappa shape index (κ1) is 23.5. The number of nitrogens with zero attached hydrogens (tertiary/aromatic N) is 4. The standard InChI is InChI=1S/C24H35N5OS/c1-6-28-11-13-29(14-12-28)22-18(4)19(5)26-24(27-22)31-16-20-7-9-21(10-8-20)23(30)25-15-17(2)3/h7-10,17H,6,11-16H2,1-5H3,(H,25,30). The van der Waals surface area contributed by atoms with Crippen LogP contribution in [-0.2, 0) is 5.75 Å². The summed E-state index contributed by atoms with van der Waals surface area (Å²) in [6, 6.07) is 7.82. The van der Waals surface area contributed by atoms with Crippen LogP contribution < -0.4 is 10.2 Å². The van der Waals surface area contributed by atoms with E-state index in [0.29, 0.717) is 18.0 Å². The number of amides is 1. The smallest absolute Gasteiger partial charge is 0.251 e. The van der Waals surface area contributed by atoms with Gasteiger partial charge >= 0.3 is 0 Å². The number of piperazine rings is 1. The Hall–Kier alpha value is -2.12. The van der Waals surface area contributed by atoms with Crippen LogP contribution in [0.5, 0.6) is 0 Å². The van der Waals surface area contributed by atoms with E-state index in [4.69, 9.17) is 9.97 Å². The molecule has 0 unspecified atom stereocenters. The van der Waals surface area contributed by atoms with Gasteiger partial charge in [0, 0.05) is 55.3 Å². The van der Waals surface area contributed by atoms with Gasteiger partial charge in [-0.05, 0) is 44.0 Å². The van der Waals surface area contributed by atoms with Crippen LogP contribution in [0.4, 0.5) is 5.82 Å². The Morgan fingerprint density at radius 3 is 2.39 bits per heavy atom. The zero-order valence-electron chi connectivity index (χ0n) is 19.4. The van der Waals surface area contributed by atoms with E-state index in [-0.39, 0.29) is 5.91 Å². The highest BCUT2D eigenvalue weighted by atomic mass is 32.2. The van der Waals surface area contributed by atoms with Gasteiger partial charge in [-0.1, -0.05) is 44.7 Å². The highest BCUT2D eigenvalue weighted by Crippen LogP contribution is 2.27. The van der Waals surface area contributed by atoms with Crippen molar-refractivity contribution in [3.63, 3.8) is 0 Å². The number of benzene rings is 1.